The van der Waals surface area contributed by atoms with Crippen molar-refractivity contribution in [3.63, 3.8) is 0 Å². The Hall–Kier alpha value is -2.34. The fourth-order valence-corrected chi connectivity index (χ4v) is 3.09. The number of fused-ring (bicyclic) bond motifs is 1. The quantitative estimate of drug-likeness (QED) is 0.817. The smallest absolute Gasteiger partial charge is 0.220 e. The topological polar surface area (TPSA) is 64.6 Å². The lowest BCUT2D eigenvalue weighted by molar-refractivity contribution is -0.121. The van der Waals surface area contributed by atoms with Crippen molar-refractivity contribution in [3.8, 4) is 11.5 Å². The van der Waals surface area contributed by atoms with Gasteiger partial charge in [-0.2, -0.15) is 0 Å². The number of hydrogen-bond acceptors (Lipinski definition) is 5. The summed E-state index contributed by atoms with van der Waals surface area (Å²) in [7, 11) is 0. The van der Waals surface area contributed by atoms with Crippen molar-refractivity contribution in [2.24, 2.45) is 0 Å². The summed E-state index contributed by atoms with van der Waals surface area (Å²) in [5, 5.41) is 4.70. The molecule has 1 amide bonds. The summed E-state index contributed by atoms with van der Waals surface area (Å²) in [5.74, 6) is 1.33. The number of amides is 1. The molecule has 0 atom stereocenters. The number of hydrogen-bond donors (Lipinski definition) is 1. The SMILES string of the molecule is O=C(CCC(=O)c1cccs1)NCc1ccc2c(c1)OCCCO2. The second-order valence-corrected chi connectivity index (χ2v) is 6.46. The van der Waals surface area contributed by atoms with Crippen molar-refractivity contribution in [1.82, 2.24) is 5.32 Å². The fraction of sp³-hybridized carbons (Fsp3) is 0.333. The van der Waals surface area contributed by atoms with E-state index in [0.717, 1.165) is 17.7 Å². The van der Waals surface area contributed by atoms with Gasteiger partial charge in [-0.1, -0.05) is 12.1 Å². The van der Waals surface area contributed by atoms with Crippen LogP contribution >= 0.6 is 11.3 Å². The Balaban J connectivity index is 1.47. The van der Waals surface area contributed by atoms with Crippen molar-refractivity contribution in [2.75, 3.05) is 13.2 Å². The standard InChI is InChI=1S/C18H19NO4S/c20-14(17-3-1-10-24-17)5-7-18(21)19-12-13-4-6-15-16(11-13)23-9-2-8-22-15/h1,3-4,6,10-11H,2,5,7-9,12H2,(H,19,21). The molecule has 2 aromatic rings. The van der Waals surface area contributed by atoms with Gasteiger partial charge in [-0.15, -0.1) is 11.3 Å². The third-order valence-electron chi connectivity index (χ3n) is 3.68. The van der Waals surface area contributed by atoms with Gasteiger partial charge >= 0.3 is 0 Å². The van der Waals surface area contributed by atoms with Gasteiger partial charge in [0, 0.05) is 25.8 Å². The molecule has 0 saturated heterocycles. The maximum Gasteiger partial charge on any atom is 0.220 e. The van der Waals surface area contributed by atoms with E-state index < -0.39 is 0 Å². The van der Waals surface area contributed by atoms with Crippen LogP contribution in [0.25, 0.3) is 0 Å². The van der Waals surface area contributed by atoms with Gasteiger partial charge in [-0.3, -0.25) is 9.59 Å². The molecule has 1 N–H and O–H groups in total. The van der Waals surface area contributed by atoms with Crippen molar-refractivity contribution in [1.29, 1.82) is 0 Å². The molecule has 24 heavy (non-hydrogen) atoms. The minimum atomic E-state index is -0.132. The highest BCUT2D eigenvalue weighted by molar-refractivity contribution is 7.12. The van der Waals surface area contributed by atoms with Crippen LogP contribution in [-0.4, -0.2) is 24.9 Å². The molecule has 0 unspecified atom stereocenters. The molecule has 0 saturated carbocycles. The summed E-state index contributed by atoms with van der Waals surface area (Å²) >= 11 is 1.40. The highest BCUT2D eigenvalue weighted by Gasteiger charge is 2.12. The van der Waals surface area contributed by atoms with Crippen LogP contribution < -0.4 is 14.8 Å². The number of carbonyl (C=O) groups excluding carboxylic acids is 2. The normalized spacial score (nSPS) is 13.2. The summed E-state index contributed by atoms with van der Waals surface area (Å²) < 4.78 is 11.2. The first-order valence-corrected chi connectivity index (χ1v) is 8.82. The van der Waals surface area contributed by atoms with E-state index in [4.69, 9.17) is 9.47 Å². The second kappa shape index (κ2) is 7.97. The van der Waals surface area contributed by atoms with Gasteiger partial charge in [0.05, 0.1) is 18.1 Å². The van der Waals surface area contributed by atoms with Crippen molar-refractivity contribution in [3.05, 3.63) is 46.2 Å². The van der Waals surface area contributed by atoms with E-state index >= 15 is 0 Å². The summed E-state index contributed by atoms with van der Waals surface area (Å²) in [4.78, 5) is 24.5. The zero-order valence-corrected chi connectivity index (χ0v) is 14.1. The number of Topliss-reactive ketones (excluding diaryl/α,β-unsaturated/α-hetero) is 1. The van der Waals surface area contributed by atoms with Gasteiger partial charge in [0.25, 0.3) is 0 Å². The zero-order chi connectivity index (χ0) is 16.8. The monoisotopic (exact) mass is 345 g/mol. The van der Waals surface area contributed by atoms with Gasteiger partial charge in [-0.05, 0) is 29.1 Å². The zero-order valence-electron chi connectivity index (χ0n) is 13.2. The Bertz CT molecular complexity index is 712. The first-order chi connectivity index (χ1) is 11.7. The van der Waals surface area contributed by atoms with Gasteiger partial charge in [0.15, 0.2) is 17.3 Å². The fourth-order valence-electron chi connectivity index (χ4n) is 2.39. The number of ketones is 1. The molecule has 0 radical (unpaired) electrons. The molecule has 0 aliphatic carbocycles. The molecular weight excluding hydrogens is 326 g/mol. The average Bonchev–Trinajstić information content (AvgIpc) is 3.03. The maximum absolute atomic E-state index is 11.9. The first kappa shape index (κ1) is 16.5. The Labute approximate surface area is 144 Å². The highest BCUT2D eigenvalue weighted by Crippen LogP contribution is 2.30. The number of rotatable bonds is 6. The minimum Gasteiger partial charge on any atom is -0.490 e. The number of thiophene rings is 1. The lowest BCUT2D eigenvalue weighted by Gasteiger charge is -2.10. The van der Waals surface area contributed by atoms with Gasteiger partial charge in [0.2, 0.25) is 5.91 Å². The molecule has 1 aliphatic rings. The van der Waals surface area contributed by atoms with Gasteiger partial charge in [-0.25, -0.2) is 0 Å². The van der Waals surface area contributed by atoms with Gasteiger partial charge in [0.1, 0.15) is 0 Å². The van der Waals surface area contributed by atoms with E-state index in [2.05, 4.69) is 5.32 Å². The van der Waals surface area contributed by atoms with E-state index in [9.17, 15) is 9.59 Å². The molecule has 0 spiro atoms. The summed E-state index contributed by atoms with van der Waals surface area (Å²) in [6.07, 6.45) is 1.29. The van der Waals surface area contributed by atoms with E-state index in [0.29, 0.717) is 30.4 Å². The minimum absolute atomic E-state index is 0.00993. The van der Waals surface area contributed by atoms with Crippen LogP contribution in [0.15, 0.2) is 35.7 Å². The van der Waals surface area contributed by atoms with Crippen LogP contribution in [0.5, 0.6) is 11.5 Å². The largest absolute Gasteiger partial charge is 0.490 e. The van der Waals surface area contributed by atoms with Crippen LogP contribution in [0.1, 0.15) is 34.5 Å². The summed E-state index contributed by atoms with van der Waals surface area (Å²) in [6, 6.07) is 9.27. The number of benzene rings is 1. The summed E-state index contributed by atoms with van der Waals surface area (Å²) in [5.41, 5.74) is 0.942. The molecule has 0 fully saturated rings. The molecule has 1 aromatic carbocycles. The molecule has 1 aromatic heterocycles. The van der Waals surface area contributed by atoms with Crippen molar-refractivity contribution < 1.29 is 19.1 Å². The van der Waals surface area contributed by atoms with Crippen molar-refractivity contribution >= 4 is 23.0 Å². The van der Waals surface area contributed by atoms with Crippen LogP contribution in [0.2, 0.25) is 0 Å². The number of carbonyl (C=O) groups is 2. The average molecular weight is 345 g/mol. The molecule has 5 nitrogen and oxygen atoms in total. The molecule has 2 heterocycles. The lowest BCUT2D eigenvalue weighted by Crippen LogP contribution is -2.23. The predicted octanol–water partition coefficient (Wildman–Crippen LogP) is 3.19. The third kappa shape index (κ3) is 4.35. The predicted molar refractivity (Wildman–Crippen MR) is 91.8 cm³/mol. The van der Waals surface area contributed by atoms with Crippen LogP contribution in [-0.2, 0) is 11.3 Å². The van der Waals surface area contributed by atoms with E-state index in [1.54, 1.807) is 6.07 Å². The molecule has 6 heteroatoms. The maximum atomic E-state index is 11.9. The van der Waals surface area contributed by atoms with Crippen LogP contribution in [0.3, 0.4) is 0 Å². The Morgan fingerprint density at radius 1 is 1.08 bits per heavy atom. The van der Waals surface area contributed by atoms with Crippen LogP contribution in [0, 0.1) is 0 Å². The summed E-state index contributed by atoms with van der Waals surface area (Å²) in [6.45, 7) is 1.69. The Morgan fingerprint density at radius 3 is 2.71 bits per heavy atom. The second-order valence-electron chi connectivity index (χ2n) is 5.51. The number of nitrogens with one attached hydrogen (secondary N) is 1. The first-order valence-electron chi connectivity index (χ1n) is 7.94. The highest BCUT2D eigenvalue weighted by atomic mass is 32.1. The Kier molecular flexibility index (Phi) is 5.48. The Morgan fingerprint density at radius 2 is 1.92 bits per heavy atom. The van der Waals surface area contributed by atoms with E-state index in [1.807, 2.05) is 29.6 Å². The molecule has 3 rings (SSSR count). The molecule has 1 aliphatic heterocycles. The molecule has 126 valence electrons. The lowest BCUT2D eigenvalue weighted by atomic mass is 10.1. The van der Waals surface area contributed by atoms with Gasteiger partial charge < -0.3 is 14.8 Å². The van der Waals surface area contributed by atoms with E-state index in [1.165, 1.54) is 11.3 Å². The number of ether oxygens (including phenoxy) is 2. The van der Waals surface area contributed by atoms with Crippen LogP contribution in [0.4, 0.5) is 0 Å². The molecule has 0 bridgehead atoms. The molecular formula is C18H19NO4S. The van der Waals surface area contributed by atoms with E-state index in [-0.39, 0.29) is 24.5 Å². The third-order valence-corrected chi connectivity index (χ3v) is 4.59. The van der Waals surface area contributed by atoms with Crippen molar-refractivity contribution in [2.45, 2.75) is 25.8 Å².